The third-order valence-corrected chi connectivity index (χ3v) is 6.39. The molecule has 1 spiro atoms. The van der Waals surface area contributed by atoms with Crippen molar-refractivity contribution in [1.29, 1.82) is 0 Å². The van der Waals surface area contributed by atoms with Crippen molar-refractivity contribution in [3.05, 3.63) is 64.9 Å². The predicted octanol–water partition coefficient (Wildman–Crippen LogP) is 4.47. The second kappa shape index (κ2) is 8.88. The fraction of sp³-hybridized carbons (Fsp3) is 0.318. The van der Waals surface area contributed by atoms with Gasteiger partial charge >= 0.3 is 0 Å². The molecule has 0 aromatic heterocycles. The first-order valence-corrected chi connectivity index (χ1v) is 11.1. The summed E-state index contributed by atoms with van der Waals surface area (Å²) in [7, 11) is 2.09. The molecular weight excluding hydrogens is 423 g/mol. The molecule has 1 saturated heterocycles. The number of anilines is 1. The minimum absolute atomic E-state index is 0.146. The van der Waals surface area contributed by atoms with Crippen LogP contribution in [0.4, 0.5) is 10.1 Å². The van der Waals surface area contributed by atoms with Gasteiger partial charge in [0.15, 0.2) is 5.66 Å². The number of nitrogens with one attached hydrogen (secondary N) is 1. The Morgan fingerprint density at radius 2 is 1.93 bits per heavy atom. The minimum atomic E-state index is -0.484. The molecule has 1 amide bonds. The van der Waals surface area contributed by atoms with Crippen molar-refractivity contribution in [3.8, 4) is 0 Å². The molecule has 30 heavy (non-hydrogen) atoms. The van der Waals surface area contributed by atoms with E-state index in [1.807, 2.05) is 0 Å². The van der Waals surface area contributed by atoms with E-state index in [0.29, 0.717) is 10.7 Å². The lowest BCUT2D eigenvalue weighted by Crippen LogP contribution is -2.39. The van der Waals surface area contributed by atoms with E-state index in [-0.39, 0.29) is 17.5 Å². The average molecular weight is 445 g/mol. The summed E-state index contributed by atoms with van der Waals surface area (Å²) in [5.74, 6) is -0.243. The Bertz CT molecular complexity index is 1000. The summed E-state index contributed by atoms with van der Waals surface area (Å²) in [6, 6.07) is 13.3. The largest absolute Gasteiger partial charge is 0.325 e. The van der Waals surface area contributed by atoms with Crippen LogP contribution < -0.4 is 5.32 Å². The van der Waals surface area contributed by atoms with Crippen LogP contribution in [-0.4, -0.2) is 53.1 Å². The zero-order valence-electron chi connectivity index (χ0n) is 16.6. The van der Waals surface area contributed by atoms with Crippen molar-refractivity contribution in [2.45, 2.75) is 18.5 Å². The molecule has 2 aliphatic rings. The number of nitrogens with zero attached hydrogens (tertiary/aromatic N) is 3. The SMILES string of the molecule is CN1CCC2(CC1)N=C(SCC(=O)Nc1cccc(Cl)c1)C(c1ccc(F)cc1)=N2. The number of thioether (sulfide) groups is 1. The van der Waals surface area contributed by atoms with Gasteiger partial charge in [0.25, 0.3) is 0 Å². The van der Waals surface area contributed by atoms with Crippen LogP contribution in [0.3, 0.4) is 0 Å². The first kappa shape index (κ1) is 21.0. The van der Waals surface area contributed by atoms with Crippen LogP contribution >= 0.6 is 23.4 Å². The van der Waals surface area contributed by atoms with E-state index >= 15 is 0 Å². The van der Waals surface area contributed by atoms with E-state index in [9.17, 15) is 9.18 Å². The van der Waals surface area contributed by atoms with Gasteiger partial charge in [-0.3, -0.25) is 9.79 Å². The van der Waals surface area contributed by atoms with Crippen LogP contribution in [0.1, 0.15) is 18.4 Å². The summed E-state index contributed by atoms with van der Waals surface area (Å²) >= 11 is 7.34. The lowest BCUT2D eigenvalue weighted by molar-refractivity contribution is -0.113. The van der Waals surface area contributed by atoms with E-state index in [4.69, 9.17) is 21.6 Å². The molecule has 4 rings (SSSR count). The number of piperidine rings is 1. The number of rotatable bonds is 4. The van der Waals surface area contributed by atoms with Gasteiger partial charge in [0.05, 0.1) is 11.5 Å². The van der Waals surface area contributed by atoms with E-state index in [1.54, 1.807) is 36.4 Å². The summed E-state index contributed by atoms with van der Waals surface area (Å²) in [5, 5.41) is 4.14. The number of carbonyl (C=O) groups is 1. The first-order chi connectivity index (χ1) is 14.4. The summed E-state index contributed by atoms with van der Waals surface area (Å²) in [6.45, 7) is 1.83. The average Bonchev–Trinajstić information content (AvgIpc) is 3.08. The Morgan fingerprint density at radius 1 is 1.20 bits per heavy atom. The number of carbonyl (C=O) groups excluding carboxylic acids is 1. The molecule has 0 radical (unpaired) electrons. The zero-order chi connectivity index (χ0) is 21.1. The highest BCUT2D eigenvalue weighted by Crippen LogP contribution is 2.35. The highest BCUT2D eigenvalue weighted by atomic mass is 35.5. The smallest absolute Gasteiger partial charge is 0.234 e. The fourth-order valence-electron chi connectivity index (χ4n) is 3.52. The summed E-state index contributed by atoms with van der Waals surface area (Å²) < 4.78 is 13.4. The molecule has 0 aliphatic carbocycles. The molecule has 2 aromatic rings. The van der Waals surface area contributed by atoms with Crippen molar-refractivity contribution in [3.63, 3.8) is 0 Å². The lowest BCUT2D eigenvalue weighted by Gasteiger charge is -2.33. The van der Waals surface area contributed by atoms with Gasteiger partial charge < -0.3 is 10.2 Å². The molecule has 0 atom stereocenters. The minimum Gasteiger partial charge on any atom is -0.325 e. The van der Waals surface area contributed by atoms with Crippen LogP contribution in [-0.2, 0) is 4.79 Å². The summed E-state index contributed by atoms with van der Waals surface area (Å²) in [4.78, 5) is 24.6. The third kappa shape index (κ3) is 4.91. The van der Waals surface area contributed by atoms with Crippen LogP contribution in [0.25, 0.3) is 0 Å². The van der Waals surface area contributed by atoms with Gasteiger partial charge in [-0.15, -0.1) is 0 Å². The Hall–Kier alpha value is -2.22. The quantitative estimate of drug-likeness (QED) is 0.756. The highest BCUT2D eigenvalue weighted by molar-refractivity contribution is 8.16. The van der Waals surface area contributed by atoms with E-state index in [1.165, 1.54) is 23.9 Å². The monoisotopic (exact) mass is 444 g/mol. The molecule has 1 fully saturated rings. The van der Waals surface area contributed by atoms with Gasteiger partial charge in [0, 0.05) is 42.2 Å². The molecule has 0 saturated carbocycles. The van der Waals surface area contributed by atoms with Gasteiger partial charge in [0.1, 0.15) is 10.9 Å². The Kier molecular flexibility index (Phi) is 6.22. The molecule has 2 aliphatic heterocycles. The number of hydrogen-bond donors (Lipinski definition) is 1. The van der Waals surface area contributed by atoms with Crippen LogP contribution in [0.5, 0.6) is 0 Å². The maximum Gasteiger partial charge on any atom is 0.234 e. The van der Waals surface area contributed by atoms with Gasteiger partial charge in [-0.05, 0) is 49.5 Å². The number of halogens is 2. The topological polar surface area (TPSA) is 57.1 Å². The molecular formula is C22H22ClFN4OS. The Balaban J connectivity index is 1.51. The molecule has 5 nitrogen and oxygen atoms in total. The van der Waals surface area contributed by atoms with E-state index < -0.39 is 5.66 Å². The molecule has 2 heterocycles. The first-order valence-electron chi connectivity index (χ1n) is 9.75. The van der Waals surface area contributed by atoms with E-state index in [0.717, 1.165) is 42.3 Å². The summed E-state index contributed by atoms with van der Waals surface area (Å²) in [5.41, 5.74) is 1.72. The third-order valence-electron chi connectivity index (χ3n) is 5.19. The van der Waals surface area contributed by atoms with Crippen LogP contribution in [0.2, 0.25) is 5.02 Å². The second-order valence-corrected chi connectivity index (χ2v) is 8.92. The lowest BCUT2D eigenvalue weighted by atomic mass is 9.99. The van der Waals surface area contributed by atoms with Crippen molar-refractivity contribution >= 4 is 45.7 Å². The van der Waals surface area contributed by atoms with Crippen LogP contribution in [0, 0.1) is 5.82 Å². The predicted molar refractivity (Wildman–Crippen MR) is 122 cm³/mol. The second-order valence-electron chi connectivity index (χ2n) is 7.52. The zero-order valence-corrected chi connectivity index (χ0v) is 18.1. The maximum absolute atomic E-state index is 13.4. The van der Waals surface area contributed by atoms with Crippen molar-refractivity contribution in [2.75, 3.05) is 31.2 Å². The molecule has 0 unspecified atom stereocenters. The fourth-order valence-corrected chi connectivity index (χ4v) is 4.58. The molecule has 8 heteroatoms. The van der Waals surface area contributed by atoms with Crippen molar-refractivity contribution < 1.29 is 9.18 Å². The number of amides is 1. The summed E-state index contributed by atoms with van der Waals surface area (Å²) in [6.07, 6.45) is 1.65. The van der Waals surface area contributed by atoms with Crippen LogP contribution in [0.15, 0.2) is 58.5 Å². The van der Waals surface area contributed by atoms with Crippen molar-refractivity contribution in [2.24, 2.45) is 9.98 Å². The van der Waals surface area contributed by atoms with Gasteiger partial charge in [-0.1, -0.05) is 29.4 Å². The van der Waals surface area contributed by atoms with Gasteiger partial charge in [-0.25, -0.2) is 9.38 Å². The number of likely N-dealkylation sites (tertiary alicyclic amines) is 1. The van der Waals surface area contributed by atoms with Gasteiger partial charge in [0.2, 0.25) is 5.91 Å². The van der Waals surface area contributed by atoms with E-state index in [2.05, 4.69) is 17.3 Å². The molecule has 156 valence electrons. The number of aliphatic imine (C=N–C) groups is 2. The maximum atomic E-state index is 13.4. The Morgan fingerprint density at radius 3 is 2.63 bits per heavy atom. The number of benzene rings is 2. The van der Waals surface area contributed by atoms with Crippen molar-refractivity contribution in [1.82, 2.24) is 4.90 Å². The molecule has 0 bridgehead atoms. The van der Waals surface area contributed by atoms with Gasteiger partial charge in [-0.2, -0.15) is 0 Å². The standard InChI is InChI=1S/C22H22ClFN4OS/c1-28-11-9-22(10-12-28)26-20(15-5-7-17(24)8-6-15)21(27-22)30-14-19(29)25-18-4-2-3-16(23)13-18/h2-8,13H,9-12,14H2,1H3,(H,25,29). The Labute approximate surface area is 184 Å². The normalized spacial score (nSPS) is 18.2. The number of hydrogen-bond acceptors (Lipinski definition) is 5. The highest BCUT2D eigenvalue weighted by Gasteiger charge is 2.39. The molecule has 2 aromatic carbocycles. The molecule has 1 N–H and O–H groups in total.